The van der Waals surface area contributed by atoms with Crippen LogP contribution in [0, 0.1) is 0 Å². The first-order valence-electron chi connectivity index (χ1n) is 6.69. The van der Waals surface area contributed by atoms with Crippen LogP contribution in [0.5, 0.6) is 0 Å². The molecule has 0 radical (unpaired) electrons. The molecule has 0 aromatic carbocycles. The number of furan rings is 1. The molecule has 0 spiro atoms. The minimum absolute atomic E-state index is 0.0750. The lowest BCUT2D eigenvalue weighted by Crippen LogP contribution is -2.53. The van der Waals surface area contributed by atoms with E-state index in [1.807, 2.05) is 26.8 Å². The minimum atomic E-state index is -0.313. The van der Waals surface area contributed by atoms with Crippen LogP contribution in [0.3, 0.4) is 0 Å². The zero-order valence-electron chi connectivity index (χ0n) is 11.9. The average Bonchev–Trinajstić information content (AvgIpc) is 2.89. The number of hydrogen-bond donors (Lipinski definition) is 3. The smallest absolute Gasteiger partial charge is 0.237 e. The highest BCUT2D eigenvalue weighted by Gasteiger charge is 2.26. The molecule has 0 aliphatic heterocycles. The maximum absolute atomic E-state index is 12.0. The standard InChI is InChI=1S/C14H24N2O3/c1-4-14(3,7-8-17)16-11(2)13(18)15-10-12-6-5-9-19-12/h5-6,9,11,16-17H,4,7-8,10H2,1-3H3,(H,15,18). The van der Waals surface area contributed by atoms with Gasteiger partial charge in [0.1, 0.15) is 5.76 Å². The summed E-state index contributed by atoms with van der Waals surface area (Å²) in [5.74, 6) is 0.656. The summed E-state index contributed by atoms with van der Waals surface area (Å²) in [4.78, 5) is 12.0. The number of hydrogen-bond acceptors (Lipinski definition) is 4. The fourth-order valence-electron chi connectivity index (χ4n) is 1.93. The lowest BCUT2D eigenvalue weighted by Gasteiger charge is -2.32. The van der Waals surface area contributed by atoms with Gasteiger partial charge in [-0.25, -0.2) is 0 Å². The summed E-state index contributed by atoms with van der Waals surface area (Å²) in [6.45, 7) is 6.37. The van der Waals surface area contributed by atoms with Crippen molar-refractivity contribution in [1.82, 2.24) is 10.6 Å². The van der Waals surface area contributed by atoms with Crippen LogP contribution in [0.15, 0.2) is 22.8 Å². The molecule has 5 nitrogen and oxygen atoms in total. The van der Waals surface area contributed by atoms with Crippen molar-refractivity contribution in [2.24, 2.45) is 0 Å². The molecular formula is C14H24N2O3. The zero-order chi connectivity index (χ0) is 14.3. The van der Waals surface area contributed by atoms with Crippen molar-refractivity contribution in [1.29, 1.82) is 0 Å². The third kappa shape index (κ3) is 5.04. The topological polar surface area (TPSA) is 74.5 Å². The van der Waals surface area contributed by atoms with Gasteiger partial charge >= 0.3 is 0 Å². The highest BCUT2D eigenvalue weighted by Crippen LogP contribution is 2.14. The maximum Gasteiger partial charge on any atom is 0.237 e. The number of aliphatic hydroxyl groups excluding tert-OH is 1. The van der Waals surface area contributed by atoms with Crippen LogP contribution in [0.2, 0.25) is 0 Å². The normalized spacial score (nSPS) is 15.8. The number of aliphatic hydroxyl groups is 1. The van der Waals surface area contributed by atoms with Crippen molar-refractivity contribution < 1.29 is 14.3 Å². The zero-order valence-corrected chi connectivity index (χ0v) is 11.9. The first-order chi connectivity index (χ1) is 9.00. The minimum Gasteiger partial charge on any atom is -0.467 e. The maximum atomic E-state index is 12.0. The Hall–Kier alpha value is -1.33. The van der Waals surface area contributed by atoms with Gasteiger partial charge in [0.2, 0.25) is 5.91 Å². The van der Waals surface area contributed by atoms with Crippen LogP contribution in [0.25, 0.3) is 0 Å². The van der Waals surface area contributed by atoms with Crippen molar-refractivity contribution in [3.8, 4) is 0 Å². The van der Waals surface area contributed by atoms with Crippen LogP contribution in [0.4, 0.5) is 0 Å². The number of rotatable bonds is 8. The van der Waals surface area contributed by atoms with Crippen molar-refractivity contribution >= 4 is 5.91 Å². The van der Waals surface area contributed by atoms with E-state index >= 15 is 0 Å². The Bertz CT molecular complexity index is 378. The van der Waals surface area contributed by atoms with Crippen LogP contribution in [-0.2, 0) is 11.3 Å². The van der Waals surface area contributed by atoms with Crippen molar-refractivity contribution in [2.75, 3.05) is 6.61 Å². The molecule has 1 heterocycles. The summed E-state index contributed by atoms with van der Waals surface area (Å²) < 4.78 is 5.16. The highest BCUT2D eigenvalue weighted by molar-refractivity contribution is 5.81. The van der Waals surface area contributed by atoms with Gasteiger partial charge in [-0.2, -0.15) is 0 Å². The Labute approximate surface area is 114 Å². The van der Waals surface area contributed by atoms with Gasteiger partial charge < -0.3 is 20.2 Å². The Morgan fingerprint density at radius 3 is 2.84 bits per heavy atom. The molecule has 2 atom stereocenters. The van der Waals surface area contributed by atoms with Gasteiger partial charge in [-0.15, -0.1) is 0 Å². The van der Waals surface area contributed by atoms with E-state index in [4.69, 9.17) is 9.52 Å². The molecule has 19 heavy (non-hydrogen) atoms. The average molecular weight is 268 g/mol. The van der Waals surface area contributed by atoms with E-state index in [1.165, 1.54) is 0 Å². The SMILES string of the molecule is CCC(C)(CCO)NC(C)C(=O)NCc1ccco1. The highest BCUT2D eigenvalue weighted by atomic mass is 16.3. The molecule has 1 rings (SSSR count). The van der Waals surface area contributed by atoms with Gasteiger partial charge in [-0.3, -0.25) is 4.79 Å². The number of carbonyl (C=O) groups is 1. The summed E-state index contributed by atoms with van der Waals surface area (Å²) in [5.41, 5.74) is -0.226. The Morgan fingerprint density at radius 2 is 2.32 bits per heavy atom. The van der Waals surface area contributed by atoms with E-state index in [0.29, 0.717) is 13.0 Å². The molecule has 0 aliphatic carbocycles. The second-order valence-corrected chi connectivity index (χ2v) is 5.05. The van der Waals surface area contributed by atoms with Gasteiger partial charge in [0.25, 0.3) is 0 Å². The Balaban J connectivity index is 2.43. The van der Waals surface area contributed by atoms with Crippen molar-refractivity contribution in [3.63, 3.8) is 0 Å². The summed E-state index contributed by atoms with van der Waals surface area (Å²) in [5, 5.41) is 15.1. The molecule has 0 fully saturated rings. The van der Waals surface area contributed by atoms with Crippen LogP contribution in [0.1, 0.15) is 39.4 Å². The van der Waals surface area contributed by atoms with Gasteiger partial charge in [-0.05, 0) is 38.8 Å². The van der Waals surface area contributed by atoms with Gasteiger partial charge in [0, 0.05) is 12.1 Å². The lowest BCUT2D eigenvalue weighted by molar-refractivity contribution is -0.123. The Kier molecular flexibility index (Phi) is 6.05. The van der Waals surface area contributed by atoms with Crippen LogP contribution < -0.4 is 10.6 Å². The number of nitrogens with one attached hydrogen (secondary N) is 2. The van der Waals surface area contributed by atoms with Crippen molar-refractivity contribution in [2.45, 2.75) is 51.7 Å². The summed E-state index contributed by atoms with van der Waals surface area (Å²) in [6, 6.07) is 3.30. The largest absolute Gasteiger partial charge is 0.467 e. The number of amides is 1. The van der Waals surface area contributed by atoms with E-state index in [2.05, 4.69) is 10.6 Å². The van der Waals surface area contributed by atoms with E-state index in [-0.39, 0.29) is 24.1 Å². The van der Waals surface area contributed by atoms with E-state index < -0.39 is 0 Å². The second kappa shape index (κ2) is 7.31. The van der Waals surface area contributed by atoms with E-state index in [9.17, 15) is 4.79 Å². The fraction of sp³-hybridized carbons (Fsp3) is 0.643. The third-order valence-corrected chi connectivity index (χ3v) is 3.42. The molecular weight excluding hydrogens is 244 g/mol. The summed E-state index contributed by atoms with van der Waals surface area (Å²) >= 11 is 0. The molecule has 3 N–H and O–H groups in total. The molecule has 1 aromatic rings. The monoisotopic (exact) mass is 268 g/mol. The third-order valence-electron chi connectivity index (χ3n) is 3.42. The molecule has 0 saturated carbocycles. The lowest BCUT2D eigenvalue weighted by atomic mass is 9.94. The predicted octanol–water partition coefficient (Wildman–Crippen LogP) is 1.42. The molecule has 2 unspecified atom stereocenters. The molecule has 0 saturated heterocycles. The molecule has 1 amide bonds. The number of carbonyl (C=O) groups excluding carboxylic acids is 1. The summed E-state index contributed by atoms with van der Waals surface area (Å²) in [7, 11) is 0. The summed E-state index contributed by atoms with van der Waals surface area (Å²) in [6.07, 6.45) is 3.06. The van der Waals surface area contributed by atoms with E-state index in [0.717, 1.165) is 12.2 Å². The predicted molar refractivity (Wildman–Crippen MR) is 73.6 cm³/mol. The quantitative estimate of drug-likeness (QED) is 0.666. The van der Waals surface area contributed by atoms with Crippen LogP contribution in [-0.4, -0.2) is 29.2 Å². The van der Waals surface area contributed by atoms with Crippen LogP contribution >= 0.6 is 0 Å². The molecule has 0 bridgehead atoms. The second-order valence-electron chi connectivity index (χ2n) is 5.05. The van der Waals surface area contributed by atoms with Crippen molar-refractivity contribution in [3.05, 3.63) is 24.2 Å². The van der Waals surface area contributed by atoms with Gasteiger partial charge in [0.15, 0.2) is 0 Å². The molecule has 0 aliphatic rings. The van der Waals surface area contributed by atoms with E-state index in [1.54, 1.807) is 12.3 Å². The van der Waals surface area contributed by atoms with Gasteiger partial charge in [-0.1, -0.05) is 6.92 Å². The first-order valence-corrected chi connectivity index (χ1v) is 6.69. The molecule has 1 aromatic heterocycles. The first kappa shape index (κ1) is 15.7. The molecule has 108 valence electrons. The van der Waals surface area contributed by atoms with Gasteiger partial charge in [0.05, 0.1) is 18.8 Å². The Morgan fingerprint density at radius 1 is 1.58 bits per heavy atom. The fourth-order valence-corrected chi connectivity index (χ4v) is 1.93. The molecule has 5 heteroatoms.